The number of rotatable bonds is 0. The van der Waals surface area contributed by atoms with Gasteiger partial charge in [0.1, 0.15) is 0 Å². The molecule has 0 radical (unpaired) electrons. The Labute approximate surface area is 224 Å². The number of hydrogen-bond acceptors (Lipinski definition) is 2. The van der Waals surface area contributed by atoms with E-state index in [9.17, 15) is 0 Å². The minimum Gasteiger partial charge on any atom is -0.379 e. The fourth-order valence-corrected chi connectivity index (χ4v) is 4.88. The van der Waals surface area contributed by atoms with Gasteiger partial charge in [0.2, 0.25) is 0 Å². The Morgan fingerprint density at radius 1 is 0.571 bits per heavy atom. The summed E-state index contributed by atoms with van der Waals surface area (Å²) >= 11 is 0. The first-order valence-electron chi connectivity index (χ1n) is 12.0. The van der Waals surface area contributed by atoms with Crippen LogP contribution < -0.4 is 9.80 Å². The van der Waals surface area contributed by atoms with Gasteiger partial charge in [-0.3, -0.25) is 0 Å². The third-order valence-electron chi connectivity index (χ3n) is 7.02. The summed E-state index contributed by atoms with van der Waals surface area (Å²) in [5.74, 6) is 0. The molecule has 3 heteroatoms. The normalized spacial score (nSPS) is 12.9. The van der Waals surface area contributed by atoms with Crippen molar-refractivity contribution in [3.8, 4) is 22.3 Å². The molecule has 0 aromatic heterocycles. The van der Waals surface area contributed by atoms with Gasteiger partial charge < -0.3 is 9.80 Å². The van der Waals surface area contributed by atoms with Gasteiger partial charge in [0.15, 0.2) is 0 Å². The average Bonchev–Trinajstić information content (AvgIpc) is 2.81. The van der Waals surface area contributed by atoms with Gasteiger partial charge in [0.05, 0.1) is 0 Å². The third kappa shape index (κ3) is 4.95. The van der Waals surface area contributed by atoms with E-state index in [-0.39, 0.29) is 21.1 Å². The molecule has 0 fully saturated rings. The zero-order valence-electron chi connectivity index (χ0n) is 21.4. The van der Waals surface area contributed by atoms with E-state index in [1.54, 1.807) is 0 Å². The van der Waals surface area contributed by atoms with Crippen molar-refractivity contribution in [3.63, 3.8) is 0 Å². The van der Waals surface area contributed by atoms with Crippen molar-refractivity contribution in [2.24, 2.45) is 0 Å². The first-order chi connectivity index (χ1) is 16.3. The molecule has 4 aromatic carbocycles. The van der Waals surface area contributed by atoms with Crippen molar-refractivity contribution in [1.29, 1.82) is 0 Å². The van der Waals surface area contributed by atoms with Crippen LogP contribution in [-0.2, 0) is 34.2 Å². The van der Waals surface area contributed by atoms with Crippen molar-refractivity contribution in [1.82, 2.24) is 0 Å². The summed E-state index contributed by atoms with van der Waals surface area (Å²) in [6.45, 7) is 10.3. The van der Waals surface area contributed by atoms with Gasteiger partial charge in [-0.25, -0.2) is 0 Å². The molecule has 0 spiro atoms. The Bertz CT molecular complexity index is 1280. The van der Waals surface area contributed by atoms with Crippen molar-refractivity contribution in [2.45, 2.75) is 40.8 Å². The predicted molar refractivity (Wildman–Crippen MR) is 145 cm³/mol. The molecular weight excluding hydrogens is 607 g/mol. The Hall–Kier alpha value is -2.83. The molecule has 1 heterocycles. The molecule has 5 rings (SSSR count). The van der Waals surface area contributed by atoms with E-state index in [1.165, 1.54) is 55.9 Å². The summed E-state index contributed by atoms with van der Waals surface area (Å²) in [4.78, 5) is 4.71. The molecule has 0 atom stereocenters. The fourth-order valence-electron chi connectivity index (χ4n) is 4.88. The molecule has 178 valence electrons. The van der Waals surface area contributed by atoms with E-state index < -0.39 is 0 Å². The average molecular weight is 640 g/mol. The Morgan fingerprint density at radius 3 is 1.37 bits per heavy atom. The molecule has 4 bridgehead atoms. The van der Waals surface area contributed by atoms with Crippen LogP contribution in [0.15, 0.2) is 60.7 Å². The van der Waals surface area contributed by atoms with E-state index in [0.717, 1.165) is 24.2 Å². The molecule has 35 heavy (non-hydrogen) atoms. The Morgan fingerprint density at radius 2 is 0.971 bits per heavy atom. The van der Waals surface area contributed by atoms with Crippen LogP contribution >= 0.6 is 0 Å². The van der Waals surface area contributed by atoms with Gasteiger partial charge in [0, 0.05) is 38.6 Å². The molecule has 0 aliphatic carbocycles. The third-order valence-corrected chi connectivity index (χ3v) is 7.02. The smallest absolute Gasteiger partial charge is 0.379 e. The molecule has 0 amide bonds. The molecular formula is C32H32N2Pt+2. The minimum absolute atomic E-state index is 0. The standard InChI is InChI=1S/C32H32N2.Pt/c1-21-7-13-29-25-11-9-24(4)28(17-25)20-34(6)32-16-22(2)8-14-30(32)26-12-10-23(3)27(18-26)19-33(5)31(29)15-21;/h7-16H,19-20H2,1-6H3;/q-2;+4. The summed E-state index contributed by atoms with van der Waals surface area (Å²) in [6.07, 6.45) is 0. The maximum Gasteiger partial charge on any atom is 4.00 e. The quantitative estimate of drug-likeness (QED) is 0.185. The Kier molecular flexibility index (Phi) is 7.24. The van der Waals surface area contributed by atoms with Crippen molar-refractivity contribution in [3.05, 3.63) is 106 Å². The van der Waals surface area contributed by atoms with Gasteiger partial charge in [-0.15, -0.1) is 69.8 Å². The van der Waals surface area contributed by atoms with Crippen LogP contribution in [0.3, 0.4) is 0 Å². The minimum atomic E-state index is 0. The second-order valence-corrected chi connectivity index (χ2v) is 9.82. The van der Waals surface area contributed by atoms with Gasteiger partial charge >= 0.3 is 21.1 Å². The largest absolute Gasteiger partial charge is 4.00 e. The van der Waals surface area contributed by atoms with Crippen LogP contribution in [0.2, 0.25) is 0 Å². The number of anilines is 2. The van der Waals surface area contributed by atoms with Crippen molar-refractivity contribution >= 4 is 11.4 Å². The Balaban J connectivity index is 0.00000289. The summed E-state index contributed by atoms with van der Waals surface area (Å²) in [5, 5.41) is 0. The molecule has 0 saturated heterocycles. The summed E-state index contributed by atoms with van der Waals surface area (Å²) in [7, 11) is 4.37. The number of nitrogens with zero attached hydrogens (tertiary/aromatic N) is 2. The molecule has 0 unspecified atom stereocenters. The maximum absolute atomic E-state index is 3.78. The van der Waals surface area contributed by atoms with Gasteiger partial charge in [0.25, 0.3) is 0 Å². The number of fused-ring (bicyclic) bond motifs is 8. The molecule has 4 aromatic rings. The monoisotopic (exact) mass is 639 g/mol. The molecule has 0 N–H and O–H groups in total. The van der Waals surface area contributed by atoms with Crippen LogP contribution in [0.4, 0.5) is 11.4 Å². The van der Waals surface area contributed by atoms with Gasteiger partial charge in [-0.1, -0.05) is 60.4 Å². The molecule has 0 saturated carbocycles. The zero-order chi connectivity index (χ0) is 24.0. The molecule has 1 aliphatic heterocycles. The summed E-state index contributed by atoms with van der Waals surface area (Å²) < 4.78 is 0. The van der Waals surface area contributed by atoms with Crippen molar-refractivity contribution in [2.75, 3.05) is 23.9 Å². The fraction of sp³-hybridized carbons (Fsp3) is 0.250. The van der Waals surface area contributed by atoms with Crippen LogP contribution in [0.5, 0.6) is 0 Å². The second-order valence-electron chi connectivity index (χ2n) is 9.82. The van der Waals surface area contributed by atoms with Gasteiger partial charge in [-0.05, 0) is 26.0 Å². The first kappa shape index (κ1) is 25.3. The van der Waals surface area contributed by atoms with Crippen LogP contribution in [0.25, 0.3) is 22.3 Å². The number of hydrogen-bond donors (Lipinski definition) is 0. The van der Waals surface area contributed by atoms with Crippen LogP contribution in [-0.4, -0.2) is 14.1 Å². The molecule has 2 nitrogen and oxygen atoms in total. The summed E-state index contributed by atoms with van der Waals surface area (Å²) in [6, 6.07) is 29.9. The second kappa shape index (κ2) is 10.0. The molecule has 1 aliphatic rings. The van der Waals surface area contributed by atoms with E-state index in [2.05, 4.69) is 124 Å². The predicted octanol–water partition coefficient (Wildman–Crippen LogP) is 7.44. The first-order valence-corrected chi connectivity index (χ1v) is 12.0. The van der Waals surface area contributed by atoms with E-state index >= 15 is 0 Å². The topological polar surface area (TPSA) is 6.48 Å². The van der Waals surface area contributed by atoms with Gasteiger partial charge in [-0.2, -0.15) is 0 Å². The zero-order valence-corrected chi connectivity index (χ0v) is 23.7. The number of aryl methyl sites for hydroxylation is 4. The van der Waals surface area contributed by atoms with Crippen molar-refractivity contribution < 1.29 is 21.1 Å². The van der Waals surface area contributed by atoms with E-state index in [4.69, 9.17) is 0 Å². The van der Waals surface area contributed by atoms with Crippen LogP contribution in [0, 0.1) is 39.8 Å². The maximum atomic E-state index is 3.78. The summed E-state index contributed by atoms with van der Waals surface area (Å²) in [5.41, 5.74) is 14.7. The van der Waals surface area contributed by atoms with E-state index in [1.807, 2.05) is 0 Å². The van der Waals surface area contributed by atoms with Crippen LogP contribution in [0.1, 0.15) is 33.4 Å². The number of benzene rings is 4. The SMILES string of the molecule is Cc1ccc2c(c1)N(C)Cc1[c-]c(ccc1C)-c1ccc(C)cc1N(C)Cc1[c-]c-2ccc1C.[Pt+4]. The van der Waals surface area contributed by atoms with E-state index in [0.29, 0.717) is 0 Å².